The van der Waals surface area contributed by atoms with Crippen LogP contribution in [0.1, 0.15) is 17.1 Å². The summed E-state index contributed by atoms with van der Waals surface area (Å²) in [5.74, 6) is 0.913. The molecule has 3 aromatic heterocycles. The molecule has 3 heterocycles. The van der Waals surface area contributed by atoms with Gasteiger partial charge >= 0.3 is 0 Å². The van der Waals surface area contributed by atoms with Gasteiger partial charge in [0.2, 0.25) is 0 Å². The van der Waals surface area contributed by atoms with Gasteiger partial charge in [0.15, 0.2) is 5.65 Å². The Bertz CT molecular complexity index is 1030. The van der Waals surface area contributed by atoms with E-state index in [1.807, 2.05) is 60.4 Å². The number of aromatic nitrogens is 5. The smallest absolute Gasteiger partial charge is 0.158 e. The number of nitrogens with one attached hydrogen (secondary N) is 1. The molecule has 0 radical (unpaired) electrons. The predicted octanol–water partition coefficient (Wildman–Crippen LogP) is 3.36. The third kappa shape index (κ3) is 2.98. The van der Waals surface area contributed by atoms with Crippen molar-refractivity contribution >= 4 is 11.5 Å². The number of nitrogens with zero attached hydrogens (tertiary/aromatic N) is 5. The molecule has 0 fully saturated rings. The number of anilines is 1. The van der Waals surface area contributed by atoms with Crippen LogP contribution in [-0.2, 0) is 13.6 Å². The molecule has 25 heavy (non-hydrogen) atoms. The molecular weight excluding hydrogens is 312 g/mol. The Balaban J connectivity index is 1.74. The highest BCUT2D eigenvalue weighted by atomic mass is 15.3. The third-order valence-electron chi connectivity index (χ3n) is 4.17. The van der Waals surface area contributed by atoms with Crippen LogP contribution in [0.25, 0.3) is 16.9 Å². The van der Waals surface area contributed by atoms with Gasteiger partial charge in [0, 0.05) is 24.7 Å². The van der Waals surface area contributed by atoms with Crippen molar-refractivity contribution < 1.29 is 0 Å². The molecule has 0 saturated heterocycles. The fourth-order valence-electron chi connectivity index (χ4n) is 2.98. The van der Waals surface area contributed by atoms with E-state index in [-0.39, 0.29) is 0 Å². The van der Waals surface area contributed by atoms with E-state index in [1.165, 1.54) is 0 Å². The fraction of sp³-hybridized carbons (Fsp3) is 0.211. The summed E-state index contributed by atoms with van der Waals surface area (Å²) in [7, 11) is 1.96. The maximum absolute atomic E-state index is 4.75. The van der Waals surface area contributed by atoms with E-state index in [9.17, 15) is 0 Å². The number of hydrogen-bond acceptors (Lipinski definition) is 4. The third-order valence-corrected chi connectivity index (χ3v) is 4.17. The standard InChI is InChI=1S/C19H20N6/c1-13-9-16(24(3)22-13)12-20-18-11-17(15-7-5-4-6-8-15)21-19-10-14(2)23-25(18)19/h4-11,20H,12H2,1-3H3. The van der Waals surface area contributed by atoms with Crippen LogP contribution >= 0.6 is 0 Å². The molecule has 0 aliphatic heterocycles. The van der Waals surface area contributed by atoms with Crippen molar-refractivity contribution in [2.24, 2.45) is 7.05 Å². The van der Waals surface area contributed by atoms with Gasteiger partial charge in [-0.1, -0.05) is 30.3 Å². The van der Waals surface area contributed by atoms with Crippen LogP contribution < -0.4 is 5.32 Å². The lowest BCUT2D eigenvalue weighted by Crippen LogP contribution is -2.09. The SMILES string of the molecule is Cc1cc(CNc2cc(-c3ccccc3)nc3cc(C)nn23)n(C)n1. The molecule has 0 aliphatic rings. The van der Waals surface area contributed by atoms with Crippen molar-refractivity contribution in [1.82, 2.24) is 24.4 Å². The first-order valence-corrected chi connectivity index (χ1v) is 8.26. The average Bonchev–Trinajstić information content (AvgIpc) is 3.14. The second kappa shape index (κ2) is 6.05. The highest BCUT2D eigenvalue weighted by Gasteiger charge is 2.10. The molecule has 126 valence electrons. The van der Waals surface area contributed by atoms with Gasteiger partial charge in [0.05, 0.1) is 29.3 Å². The second-order valence-electron chi connectivity index (χ2n) is 6.20. The van der Waals surface area contributed by atoms with Crippen molar-refractivity contribution in [3.63, 3.8) is 0 Å². The van der Waals surface area contributed by atoms with Gasteiger partial charge in [-0.15, -0.1) is 0 Å². The summed E-state index contributed by atoms with van der Waals surface area (Å²) < 4.78 is 3.75. The van der Waals surface area contributed by atoms with Crippen molar-refractivity contribution in [3.8, 4) is 11.3 Å². The Morgan fingerprint density at radius 1 is 0.960 bits per heavy atom. The quantitative estimate of drug-likeness (QED) is 0.622. The van der Waals surface area contributed by atoms with Gasteiger partial charge in [-0.05, 0) is 19.9 Å². The van der Waals surface area contributed by atoms with Gasteiger partial charge in [0.1, 0.15) is 5.82 Å². The number of rotatable bonds is 4. The summed E-state index contributed by atoms with van der Waals surface area (Å²) in [5, 5.41) is 12.4. The fourth-order valence-corrected chi connectivity index (χ4v) is 2.98. The van der Waals surface area contributed by atoms with E-state index in [0.717, 1.165) is 39.8 Å². The van der Waals surface area contributed by atoms with Crippen LogP contribution in [0.5, 0.6) is 0 Å². The Hall–Kier alpha value is -3.15. The Morgan fingerprint density at radius 2 is 1.72 bits per heavy atom. The first kappa shape index (κ1) is 15.4. The number of hydrogen-bond donors (Lipinski definition) is 1. The van der Waals surface area contributed by atoms with Gasteiger partial charge in [-0.25, -0.2) is 4.98 Å². The average molecular weight is 332 g/mol. The molecule has 0 bridgehead atoms. The van der Waals surface area contributed by atoms with Crippen molar-refractivity contribution in [1.29, 1.82) is 0 Å². The highest BCUT2D eigenvalue weighted by molar-refractivity contribution is 5.66. The molecule has 0 saturated carbocycles. The zero-order valence-electron chi connectivity index (χ0n) is 14.6. The van der Waals surface area contributed by atoms with E-state index in [1.54, 1.807) is 0 Å². The monoisotopic (exact) mass is 332 g/mol. The lowest BCUT2D eigenvalue weighted by molar-refractivity contribution is 0.711. The second-order valence-corrected chi connectivity index (χ2v) is 6.20. The van der Waals surface area contributed by atoms with Crippen LogP contribution in [0.2, 0.25) is 0 Å². The van der Waals surface area contributed by atoms with Crippen LogP contribution in [0, 0.1) is 13.8 Å². The van der Waals surface area contributed by atoms with E-state index in [2.05, 4.69) is 33.7 Å². The predicted molar refractivity (Wildman–Crippen MR) is 98.4 cm³/mol. The van der Waals surface area contributed by atoms with E-state index in [0.29, 0.717) is 6.54 Å². The van der Waals surface area contributed by atoms with Gasteiger partial charge in [-0.2, -0.15) is 14.7 Å². The van der Waals surface area contributed by atoms with Crippen molar-refractivity contribution in [2.75, 3.05) is 5.32 Å². The molecule has 4 aromatic rings. The van der Waals surface area contributed by atoms with Crippen LogP contribution in [-0.4, -0.2) is 24.4 Å². The maximum Gasteiger partial charge on any atom is 0.158 e. The summed E-state index contributed by atoms with van der Waals surface area (Å²) in [4.78, 5) is 4.75. The summed E-state index contributed by atoms with van der Waals surface area (Å²) in [6.45, 7) is 4.65. The molecule has 0 aliphatic carbocycles. The minimum Gasteiger partial charge on any atom is -0.364 e. The Kier molecular flexibility index (Phi) is 3.72. The molecule has 1 aromatic carbocycles. The molecule has 0 spiro atoms. The minimum absolute atomic E-state index is 0.670. The zero-order chi connectivity index (χ0) is 17.4. The topological polar surface area (TPSA) is 60.0 Å². The van der Waals surface area contributed by atoms with Gasteiger partial charge in [0.25, 0.3) is 0 Å². The van der Waals surface area contributed by atoms with Crippen LogP contribution in [0.3, 0.4) is 0 Å². The van der Waals surface area contributed by atoms with Crippen LogP contribution in [0.15, 0.2) is 48.5 Å². The molecule has 6 heteroatoms. The maximum atomic E-state index is 4.75. The molecule has 0 unspecified atom stereocenters. The molecule has 1 N–H and O–H groups in total. The van der Waals surface area contributed by atoms with E-state index < -0.39 is 0 Å². The number of fused-ring (bicyclic) bond motifs is 1. The first-order valence-electron chi connectivity index (χ1n) is 8.26. The molecule has 0 atom stereocenters. The lowest BCUT2D eigenvalue weighted by atomic mass is 10.1. The lowest BCUT2D eigenvalue weighted by Gasteiger charge is -2.11. The molecule has 4 rings (SSSR count). The summed E-state index contributed by atoms with van der Waals surface area (Å²) in [5.41, 5.74) is 5.92. The highest BCUT2D eigenvalue weighted by Crippen LogP contribution is 2.23. The molecular formula is C19H20N6. The largest absolute Gasteiger partial charge is 0.364 e. The van der Waals surface area contributed by atoms with Gasteiger partial charge < -0.3 is 5.32 Å². The van der Waals surface area contributed by atoms with Crippen LogP contribution in [0.4, 0.5) is 5.82 Å². The summed E-state index contributed by atoms with van der Waals surface area (Å²) in [6.07, 6.45) is 0. The number of aryl methyl sites for hydroxylation is 3. The summed E-state index contributed by atoms with van der Waals surface area (Å²) >= 11 is 0. The first-order chi connectivity index (χ1) is 12.1. The minimum atomic E-state index is 0.670. The number of benzene rings is 1. The zero-order valence-corrected chi connectivity index (χ0v) is 14.6. The molecule has 6 nitrogen and oxygen atoms in total. The van der Waals surface area contributed by atoms with E-state index >= 15 is 0 Å². The van der Waals surface area contributed by atoms with Crippen molar-refractivity contribution in [3.05, 3.63) is 65.6 Å². The Labute approximate surface area is 146 Å². The van der Waals surface area contributed by atoms with Crippen molar-refractivity contribution in [2.45, 2.75) is 20.4 Å². The molecule has 0 amide bonds. The van der Waals surface area contributed by atoms with E-state index in [4.69, 9.17) is 4.98 Å². The summed E-state index contributed by atoms with van der Waals surface area (Å²) in [6, 6.07) is 16.3. The van der Waals surface area contributed by atoms with Gasteiger partial charge in [-0.3, -0.25) is 4.68 Å². The normalized spacial score (nSPS) is 11.2. The Morgan fingerprint density at radius 3 is 2.44 bits per heavy atom.